The molecule has 0 spiro atoms. The molecule has 9 heavy (non-hydrogen) atoms. The van der Waals surface area contributed by atoms with Crippen LogP contribution in [0, 0.1) is 0 Å². The topological polar surface area (TPSA) is 50.4 Å². The molecule has 0 rings (SSSR count). The van der Waals surface area contributed by atoms with E-state index in [9.17, 15) is 4.79 Å². The van der Waals surface area contributed by atoms with Crippen LogP contribution in [0.2, 0.25) is 0 Å². The zero-order chi connectivity index (χ0) is 7.11. The van der Waals surface area contributed by atoms with Gasteiger partial charge in [0.1, 0.15) is 0 Å². The summed E-state index contributed by atoms with van der Waals surface area (Å²) in [5, 5.41) is 2.49. The third kappa shape index (κ3) is 5.26. The zero-order valence-electron chi connectivity index (χ0n) is 5.73. The van der Waals surface area contributed by atoms with Crippen LogP contribution in [0.4, 0.5) is 0 Å². The molecule has 1 amide bonds. The Morgan fingerprint density at radius 1 is 1.67 bits per heavy atom. The first-order valence-corrected chi connectivity index (χ1v) is 2.77. The van der Waals surface area contributed by atoms with Crippen LogP contribution >= 0.6 is 0 Å². The Labute approximate surface area is 54.5 Å². The van der Waals surface area contributed by atoms with Crippen LogP contribution in [-0.2, 0) is 9.63 Å². The number of carbonyl (C=O) groups is 1. The zero-order valence-corrected chi connectivity index (χ0v) is 5.73. The van der Waals surface area contributed by atoms with Gasteiger partial charge in [-0.3, -0.25) is 4.79 Å². The summed E-state index contributed by atoms with van der Waals surface area (Å²) in [6.45, 7) is 0.552. The monoisotopic (exact) mass is 132 g/mol. The smallest absolute Gasteiger partial charge is 0.221 e. The van der Waals surface area contributed by atoms with Gasteiger partial charge in [0.25, 0.3) is 0 Å². The fourth-order valence-corrected chi connectivity index (χ4v) is 0.392. The number of hydrogen-bond acceptors (Lipinski definition) is 3. The van der Waals surface area contributed by atoms with Gasteiger partial charge < -0.3 is 10.2 Å². The van der Waals surface area contributed by atoms with Crippen LogP contribution in [0.25, 0.3) is 0 Å². The standard InChI is InChI=1S/C5H12N2O2/c1-6-5(8)3-4-7-9-2/h7H,3-4H2,1-2H3,(H,6,8). The summed E-state index contributed by atoms with van der Waals surface area (Å²) in [6, 6.07) is 0. The van der Waals surface area contributed by atoms with E-state index in [-0.39, 0.29) is 5.91 Å². The molecule has 0 aromatic heterocycles. The number of hydroxylamine groups is 1. The molecule has 0 aromatic rings. The highest BCUT2D eigenvalue weighted by Crippen LogP contribution is 1.73. The lowest BCUT2D eigenvalue weighted by Gasteiger charge is -1.98. The summed E-state index contributed by atoms with van der Waals surface area (Å²) in [7, 11) is 3.12. The van der Waals surface area contributed by atoms with E-state index in [1.165, 1.54) is 7.11 Å². The van der Waals surface area contributed by atoms with Gasteiger partial charge in [-0.2, -0.15) is 0 Å². The SMILES string of the molecule is CNC(=O)CCNOC. The summed E-state index contributed by atoms with van der Waals surface area (Å²) >= 11 is 0. The van der Waals surface area contributed by atoms with Crippen molar-refractivity contribution in [2.24, 2.45) is 0 Å². The highest BCUT2D eigenvalue weighted by atomic mass is 16.6. The van der Waals surface area contributed by atoms with Gasteiger partial charge in [0.2, 0.25) is 5.91 Å². The molecule has 0 heterocycles. The molecule has 0 atom stereocenters. The van der Waals surface area contributed by atoms with E-state index >= 15 is 0 Å². The molecule has 2 N–H and O–H groups in total. The van der Waals surface area contributed by atoms with Gasteiger partial charge in [-0.15, -0.1) is 0 Å². The summed E-state index contributed by atoms with van der Waals surface area (Å²) in [5.74, 6) is 0.0135. The molecule has 0 aliphatic heterocycles. The lowest BCUT2D eigenvalue weighted by molar-refractivity contribution is -0.120. The van der Waals surface area contributed by atoms with Gasteiger partial charge in [0.15, 0.2) is 0 Å². The number of hydrogen-bond donors (Lipinski definition) is 2. The maximum atomic E-state index is 10.5. The minimum absolute atomic E-state index is 0.0135. The Morgan fingerprint density at radius 3 is 2.78 bits per heavy atom. The minimum atomic E-state index is 0.0135. The number of carbonyl (C=O) groups excluding carboxylic acids is 1. The third-order valence-corrected chi connectivity index (χ3v) is 0.877. The summed E-state index contributed by atoms with van der Waals surface area (Å²) in [5.41, 5.74) is 2.55. The van der Waals surface area contributed by atoms with Crippen LogP contribution < -0.4 is 10.8 Å². The minimum Gasteiger partial charge on any atom is -0.359 e. The van der Waals surface area contributed by atoms with Crippen molar-refractivity contribution in [1.82, 2.24) is 10.8 Å². The molecule has 0 aromatic carbocycles. The van der Waals surface area contributed by atoms with Crippen molar-refractivity contribution in [2.75, 3.05) is 20.7 Å². The first-order chi connectivity index (χ1) is 4.31. The first kappa shape index (κ1) is 8.39. The van der Waals surface area contributed by atoms with E-state index in [4.69, 9.17) is 0 Å². The van der Waals surface area contributed by atoms with E-state index in [1.807, 2.05) is 0 Å². The molecule has 0 aliphatic carbocycles. The van der Waals surface area contributed by atoms with E-state index in [0.29, 0.717) is 13.0 Å². The molecule has 54 valence electrons. The molecule has 0 bridgehead atoms. The molecule has 4 nitrogen and oxygen atoms in total. The van der Waals surface area contributed by atoms with Crippen molar-refractivity contribution in [1.29, 1.82) is 0 Å². The predicted octanol–water partition coefficient (Wildman–Crippen LogP) is -0.726. The van der Waals surface area contributed by atoms with E-state index in [0.717, 1.165) is 0 Å². The van der Waals surface area contributed by atoms with Crippen molar-refractivity contribution < 1.29 is 9.63 Å². The molecular weight excluding hydrogens is 120 g/mol. The number of amides is 1. The fraction of sp³-hybridized carbons (Fsp3) is 0.800. The molecule has 4 heteroatoms. The lowest BCUT2D eigenvalue weighted by Crippen LogP contribution is -2.23. The molecule has 0 unspecified atom stereocenters. The predicted molar refractivity (Wildman–Crippen MR) is 33.7 cm³/mol. The quantitative estimate of drug-likeness (QED) is 0.392. The lowest BCUT2D eigenvalue weighted by atomic mass is 10.4. The highest BCUT2D eigenvalue weighted by Gasteiger charge is 1.93. The van der Waals surface area contributed by atoms with Crippen molar-refractivity contribution in [2.45, 2.75) is 6.42 Å². The number of rotatable bonds is 4. The Hall–Kier alpha value is -0.610. The van der Waals surface area contributed by atoms with Crippen LogP contribution in [0.15, 0.2) is 0 Å². The van der Waals surface area contributed by atoms with Crippen molar-refractivity contribution in [3.05, 3.63) is 0 Å². The summed E-state index contributed by atoms with van der Waals surface area (Å²) < 4.78 is 0. The Balaban J connectivity index is 2.97. The second-order valence-corrected chi connectivity index (χ2v) is 1.52. The average molecular weight is 132 g/mol. The maximum absolute atomic E-state index is 10.5. The normalized spacial score (nSPS) is 9.11. The van der Waals surface area contributed by atoms with E-state index < -0.39 is 0 Å². The van der Waals surface area contributed by atoms with Crippen LogP contribution in [0.5, 0.6) is 0 Å². The fourth-order valence-electron chi connectivity index (χ4n) is 0.392. The largest absolute Gasteiger partial charge is 0.359 e. The van der Waals surface area contributed by atoms with Gasteiger partial charge >= 0.3 is 0 Å². The second kappa shape index (κ2) is 5.53. The van der Waals surface area contributed by atoms with Crippen molar-refractivity contribution in [3.63, 3.8) is 0 Å². The molecular formula is C5H12N2O2. The van der Waals surface area contributed by atoms with Crippen molar-refractivity contribution >= 4 is 5.91 Å². The third-order valence-electron chi connectivity index (χ3n) is 0.877. The number of nitrogens with one attached hydrogen (secondary N) is 2. The maximum Gasteiger partial charge on any atom is 0.221 e. The van der Waals surface area contributed by atoms with Crippen LogP contribution in [0.1, 0.15) is 6.42 Å². The van der Waals surface area contributed by atoms with Gasteiger partial charge in [-0.1, -0.05) is 0 Å². The molecule has 0 radical (unpaired) electrons. The van der Waals surface area contributed by atoms with Gasteiger partial charge in [-0.25, -0.2) is 5.48 Å². The summed E-state index contributed by atoms with van der Waals surface area (Å²) in [6.07, 6.45) is 0.449. The van der Waals surface area contributed by atoms with Gasteiger partial charge in [0.05, 0.1) is 7.11 Å². The second-order valence-electron chi connectivity index (χ2n) is 1.52. The molecule has 0 fully saturated rings. The molecule has 0 saturated heterocycles. The van der Waals surface area contributed by atoms with Crippen LogP contribution in [0.3, 0.4) is 0 Å². The molecule has 0 aliphatic rings. The Kier molecular flexibility index (Phi) is 5.15. The Morgan fingerprint density at radius 2 is 2.33 bits per heavy atom. The highest BCUT2D eigenvalue weighted by molar-refractivity contribution is 5.75. The van der Waals surface area contributed by atoms with Crippen molar-refractivity contribution in [3.8, 4) is 0 Å². The van der Waals surface area contributed by atoms with Gasteiger partial charge in [0, 0.05) is 20.0 Å². The van der Waals surface area contributed by atoms with Gasteiger partial charge in [-0.05, 0) is 0 Å². The molecule has 0 saturated carbocycles. The van der Waals surface area contributed by atoms with Crippen LogP contribution in [-0.4, -0.2) is 26.6 Å². The van der Waals surface area contributed by atoms with E-state index in [2.05, 4.69) is 15.6 Å². The Bertz CT molecular complexity index is 85.0. The average Bonchev–Trinajstić information content (AvgIpc) is 1.89. The first-order valence-electron chi connectivity index (χ1n) is 2.77. The van der Waals surface area contributed by atoms with E-state index in [1.54, 1.807) is 7.05 Å². The summed E-state index contributed by atoms with van der Waals surface area (Å²) in [4.78, 5) is 15.0.